The Hall–Kier alpha value is -1.05. The lowest BCUT2D eigenvalue weighted by molar-refractivity contribution is -1.05. The van der Waals surface area contributed by atoms with Crippen molar-refractivity contribution in [3.05, 3.63) is 0 Å². The molecule has 1 amide bonds. The molecular weight excluding hydrogens is 170 g/mol. The minimum atomic E-state index is -1.28. The Labute approximate surface area is 78.7 Å². The van der Waals surface area contributed by atoms with Crippen LogP contribution in [0.4, 0.5) is 4.79 Å². The predicted molar refractivity (Wildman–Crippen MR) is 46.1 cm³/mol. The summed E-state index contributed by atoms with van der Waals surface area (Å²) in [7, 11) is 0. The molecule has 4 heteroatoms. The molecule has 1 unspecified atom stereocenters. The molecule has 1 atom stereocenters. The Balaban J connectivity index is 4.46. The van der Waals surface area contributed by atoms with Crippen molar-refractivity contribution < 1.29 is 19.4 Å². The molecule has 0 heterocycles. The topological polar surface area (TPSA) is 49.4 Å². The molecule has 74 valence electrons. The summed E-state index contributed by atoms with van der Waals surface area (Å²) < 4.78 is -0.607. The van der Waals surface area contributed by atoms with Gasteiger partial charge in [-0.05, 0) is 19.3 Å². The molecule has 0 saturated heterocycles. The van der Waals surface area contributed by atoms with Gasteiger partial charge in [0.1, 0.15) is 13.2 Å². The van der Waals surface area contributed by atoms with Gasteiger partial charge in [0.15, 0.2) is 6.54 Å². The van der Waals surface area contributed by atoms with Crippen LogP contribution in [0.15, 0.2) is 0 Å². The van der Waals surface area contributed by atoms with Crippen molar-refractivity contribution in [2.45, 2.75) is 20.3 Å². The first-order chi connectivity index (χ1) is 6.13. The van der Waals surface area contributed by atoms with Crippen LogP contribution in [0.1, 0.15) is 20.3 Å². The van der Waals surface area contributed by atoms with Crippen LogP contribution >= 0.6 is 0 Å². The Morgan fingerprint density at radius 2 is 2.23 bits per heavy atom. The third-order valence-corrected chi connectivity index (χ3v) is 1.73. The summed E-state index contributed by atoms with van der Waals surface area (Å²) >= 11 is 0. The second-order valence-electron chi connectivity index (χ2n) is 2.67. The van der Waals surface area contributed by atoms with Gasteiger partial charge in [-0.15, -0.1) is 11.1 Å². The first-order valence-corrected chi connectivity index (χ1v) is 4.29. The molecule has 0 aliphatic carbocycles. The van der Waals surface area contributed by atoms with Gasteiger partial charge in [0, 0.05) is 0 Å². The van der Waals surface area contributed by atoms with Crippen LogP contribution in [0.5, 0.6) is 0 Å². The van der Waals surface area contributed by atoms with Crippen LogP contribution in [0.25, 0.3) is 0 Å². The lowest BCUT2D eigenvalue weighted by atomic mass is 10.5. The van der Waals surface area contributed by atoms with E-state index in [4.69, 9.17) is 11.3 Å². The van der Waals surface area contributed by atoms with Crippen molar-refractivity contribution in [2.24, 2.45) is 0 Å². The maximum Gasteiger partial charge on any atom is 0.292 e. The zero-order valence-electron chi connectivity index (χ0n) is 8.08. The van der Waals surface area contributed by atoms with Gasteiger partial charge in [-0.25, -0.2) is 0 Å². The molecule has 0 aromatic rings. The number of quaternary nitrogens is 1. The number of amides is 1. The van der Waals surface area contributed by atoms with Crippen molar-refractivity contribution >= 4 is 6.09 Å². The number of rotatable bonds is 5. The molecule has 0 fully saturated rings. The molecule has 0 radical (unpaired) electrons. The predicted octanol–water partition coefficient (Wildman–Crippen LogP) is 0.141. The molecular formula is C9H15NO3. The van der Waals surface area contributed by atoms with Crippen LogP contribution in [0, 0.1) is 12.3 Å². The normalized spacial score (nSPS) is 14.5. The van der Waals surface area contributed by atoms with Crippen molar-refractivity contribution in [3.63, 3.8) is 0 Å². The van der Waals surface area contributed by atoms with E-state index >= 15 is 0 Å². The van der Waals surface area contributed by atoms with Crippen molar-refractivity contribution in [3.8, 4) is 12.3 Å². The fraction of sp³-hybridized carbons (Fsp3) is 0.667. The van der Waals surface area contributed by atoms with Gasteiger partial charge in [-0.1, -0.05) is 6.92 Å². The number of hydrogen-bond acceptors (Lipinski definition) is 3. The molecule has 0 saturated carbocycles. The van der Waals surface area contributed by atoms with Gasteiger partial charge in [-0.2, -0.15) is 4.84 Å². The maximum atomic E-state index is 10.8. The van der Waals surface area contributed by atoms with Crippen LogP contribution in [0.3, 0.4) is 0 Å². The summed E-state index contributed by atoms with van der Waals surface area (Å²) in [5.74, 6) is 2.28. The Kier molecular flexibility index (Phi) is 5.12. The molecule has 0 rings (SSSR count). The van der Waals surface area contributed by atoms with Crippen molar-refractivity contribution in [1.82, 2.24) is 0 Å². The van der Waals surface area contributed by atoms with Crippen LogP contribution in [-0.2, 0) is 4.84 Å². The molecule has 0 aromatic heterocycles. The Morgan fingerprint density at radius 1 is 1.62 bits per heavy atom. The number of terminal acetylenes is 1. The van der Waals surface area contributed by atoms with Gasteiger partial charge in [0.25, 0.3) is 6.09 Å². The molecule has 13 heavy (non-hydrogen) atoms. The van der Waals surface area contributed by atoms with E-state index in [1.54, 1.807) is 6.92 Å². The van der Waals surface area contributed by atoms with E-state index < -0.39 is 10.7 Å². The smallest absolute Gasteiger partial charge is 0.292 e. The summed E-state index contributed by atoms with van der Waals surface area (Å²) in [4.78, 5) is 16.0. The van der Waals surface area contributed by atoms with E-state index in [1.807, 2.05) is 6.92 Å². The maximum absolute atomic E-state index is 10.8. The highest BCUT2D eigenvalue weighted by Gasteiger charge is 2.29. The lowest BCUT2D eigenvalue weighted by Crippen LogP contribution is -2.58. The Morgan fingerprint density at radius 3 is 2.54 bits per heavy atom. The standard InChI is InChI=1S/C9H15NO3/c1-4-7-10(6-3,9(11)12)13-8-5-2/h1H,5-8H2,2-3H3. The quantitative estimate of drug-likeness (QED) is 0.348. The highest BCUT2D eigenvalue weighted by Crippen LogP contribution is 2.07. The van der Waals surface area contributed by atoms with E-state index in [0.717, 1.165) is 6.42 Å². The third-order valence-electron chi connectivity index (χ3n) is 1.73. The first kappa shape index (κ1) is 11.9. The number of carbonyl (C=O) groups is 1. The molecule has 0 spiro atoms. The minimum absolute atomic E-state index is 0.00116. The van der Waals surface area contributed by atoms with E-state index in [-0.39, 0.29) is 13.1 Å². The van der Waals surface area contributed by atoms with E-state index in [2.05, 4.69) is 5.92 Å². The molecule has 0 aliphatic rings. The Bertz CT molecular complexity index is 209. The molecule has 0 N–H and O–H groups in total. The largest absolute Gasteiger partial charge is 0.496 e. The second-order valence-corrected chi connectivity index (χ2v) is 2.67. The summed E-state index contributed by atoms with van der Waals surface area (Å²) in [6, 6.07) is 0. The van der Waals surface area contributed by atoms with E-state index in [1.165, 1.54) is 0 Å². The van der Waals surface area contributed by atoms with E-state index in [9.17, 15) is 9.90 Å². The van der Waals surface area contributed by atoms with E-state index in [0.29, 0.717) is 6.61 Å². The van der Waals surface area contributed by atoms with Gasteiger partial charge in [0.2, 0.25) is 0 Å². The SMILES string of the molecule is C#CC[N+](CC)(OCCC)C(=O)[O-]. The van der Waals surface area contributed by atoms with Gasteiger partial charge in [-0.3, -0.25) is 0 Å². The minimum Gasteiger partial charge on any atom is -0.496 e. The molecule has 0 aliphatic heterocycles. The summed E-state index contributed by atoms with van der Waals surface area (Å²) in [6.07, 6.45) is 4.53. The number of nitrogens with zero attached hydrogens (tertiary/aromatic N) is 1. The number of hydrogen-bond donors (Lipinski definition) is 0. The summed E-state index contributed by atoms with van der Waals surface area (Å²) in [6.45, 7) is 4.23. The monoisotopic (exact) mass is 185 g/mol. The molecule has 0 aromatic carbocycles. The van der Waals surface area contributed by atoms with Gasteiger partial charge < -0.3 is 9.90 Å². The highest BCUT2D eigenvalue weighted by atomic mass is 16.7. The number of carbonyl (C=O) groups excluding carboxylic acids is 1. The number of carboxylic acid groups (broad SMARTS) is 1. The summed E-state index contributed by atoms with van der Waals surface area (Å²) in [5, 5.41) is 10.8. The average Bonchev–Trinajstić information content (AvgIpc) is 2.12. The zero-order chi connectivity index (χ0) is 10.3. The van der Waals surface area contributed by atoms with Gasteiger partial charge in [0.05, 0.1) is 0 Å². The van der Waals surface area contributed by atoms with Crippen LogP contribution < -0.4 is 5.11 Å². The molecule has 4 nitrogen and oxygen atoms in total. The second kappa shape index (κ2) is 5.57. The average molecular weight is 185 g/mol. The van der Waals surface area contributed by atoms with Crippen LogP contribution in [-0.4, -0.2) is 30.4 Å². The first-order valence-electron chi connectivity index (χ1n) is 4.29. The fourth-order valence-electron chi connectivity index (χ4n) is 0.909. The number of hydroxylamine groups is 3. The fourth-order valence-corrected chi connectivity index (χ4v) is 0.909. The third kappa shape index (κ3) is 3.05. The van der Waals surface area contributed by atoms with Crippen molar-refractivity contribution in [2.75, 3.05) is 19.7 Å². The summed E-state index contributed by atoms with van der Waals surface area (Å²) in [5.41, 5.74) is 0. The zero-order valence-corrected chi connectivity index (χ0v) is 8.08. The lowest BCUT2D eigenvalue weighted by Gasteiger charge is -2.31. The van der Waals surface area contributed by atoms with Crippen molar-refractivity contribution in [1.29, 1.82) is 0 Å². The molecule has 0 bridgehead atoms. The highest BCUT2D eigenvalue weighted by molar-refractivity contribution is 5.53. The van der Waals surface area contributed by atoms with Crippen LogP contribution in [0.2, 0.25) is 0 Å². The van der Waals surface area contributed by atoms with Gasteiger partial charge >= 0.3 is 0 Å².